The normalized spacial score (nSPS) is 22.5. The first-order chi connectivity index (χ1) is 19.0. The lowest BCUT2D eigenvalue weighted by Crippen LogP contribution is -2.39. The highest BCUT2D eigenvalue weighted by Crippen LogP contribution is 2.36. The third kappa shape index (κ3) is 11.4. The average Bonchev–Trinajstić information content (AvgIpc) is 3.32. The predicted octanol–water partition coefficient (Wildman–Crippen LogP) is 4.37. The number of nitrogens with zero attached hydrogens (tertiary/aromatic N) is 1. The highest BCUT2D eigenvalue weighted by Gasteiger charge is 2.39. The number of hydrogen-bond acceptors (Lipinski definition) is 9. The third-order valence-electron chi connectivity index (χ3n) is 7.01. The van der Waals surface area contributed by atoms with E-state index >= 15 is 0 Å². The Labute approximate surface area is 252 Å². The number of amides is 1. The predicted molar refractivity (Wildman–Crippen MR) is 161 cm³/mol. The number of esters is 1. The molecule has 1 aliphatic carbocycles. The molecule has 0 spiro atoms. The molecule has 5 atom stereocenters. The van der Waals surface area contributed by atoms with Crippen molar-refractivity contribution in [3.63, 3.8) is 0 Å². The molecular weight excluding hydrogens is 590 g/mol. The minimum Gasteiger partial charge on any atom is -0.443 e. The van der Waals surface area contributed by atoms with E-state index in [4.69, 9.17) is 16.3 Å². The van der Waals surface area contributed by atoms with Gasteiger partial charge >= 0.3 is 5.97 Å². The summed E-state index contributed by atoms with van der Waals surface area (Å²) in [6, 6.07) is 1.92. The molecule has 1 amide bonds. The molecule has 0 aliphatic heterocycles. The molecule has 0 saturated heterocycles. The minimum atomic E-state index is -3.90. The van der Waals surface area contributed by atoms with E-state index in [-0.39, 0.29) is 24.7 Å². The number of aryl methyl sites for hydroxylation is 2. The number of thiophene rings is 1. The molecule has 0 radical (unpaired) electrons. The Morgan fingerprint density at radius 1 is 1.24 bits per heavy atom. The summed E-state index contributed by atoms with van der Waals surface area (Å²) in [6.45, 7) is 6.19. The molecule has 0 unspecified atom stereocenters. The van der Waals surface area contributed by atoms with Crippen LogP contribution in [0.1, 0.15) is 69.1 Å². The summed E-state index contributed by atoms with van der Waals surface area (Å²) in [6.07, 6.45) is 8.85. The summed E-state index contributed by atoms with van der Waals surface area (Å²) >= 11 is 7.72. The Bertz CT molecular complexity index is 1170. The van der Waals surface area contributed by atoms with Gasteiger partial charge in [-0.2, -0.15) is 0 Å². The zero-order chi connectivity index (χ0) is 31.0. The van der Waals surface area contributed by atoms with Gasteiger partial charge in [0.1, 0.15) is 0 Å². The van der Waals surface area contributed by atoms with E-state index in [9.17, 15) is 33.3 Å². The highest BCUT2D eigenvalue weighted by atomic mass is 35.5. The number of carbonyl (C=O) groups excluding carboxylic acids is 2. The maximum absolute atomic E-state index is 12.5. The Morgan fingerprint density at radius 2 is 1.93 bits per heavy atom. The second-order valence-corrected chi connectivity index (χ2v) is 15.3. The van der Waals surface area contributed by atoms with Crippen LogP contribution in [0.15, 0.2) is 30.4 Å². The van der Waals surface area contributed by atoms with Gasteiger partial charge in [-0.25, -0.2) is 12.7 Å². The van der Waals surface area contributed by atoms with Gasteiger partial charge in [-0.15, -0.1) is 11.3 Å². The lowest BCUT2D eigenvalue weighted by molar-refractivity contribution is -0.157. The molecule has 1 heterocycles. The van der Waals surface area contributed by atoms with Crippen molar-refractivity contribution in [2.75, 3.05) is 13.0 Å². The Morgan fingerprint density at radius 3 is 2.51 bits per heavy atom. The Hall–Kier alpha value is -1.76. The summed E-state index contributed by atoms with van der Waals surface area (Å²) < 4.78 is 29.7. The molecule has 232 valence electrons. The first kappa shape index (κ1) is 35.4. The SMILES string of the molecule is Cc1sc(CC[C@@H](O)/C=C/[C@H]2[C@H](C/C=C\CCCC(=O)N(COC(=O)C(C)(C)C)S(C)(=O)=O)[C@H](O)C[C@@H]2O)cc1Cl. The van der Waals surface area contributed by atoms with Gasteiger partial charge in [0.15, 0.2) is 6.73 Å². The lowest BCUT2D eigenvalue weighted by Gasteiger charge is -2.23. The number of unbranched alkanes of at least 4 members (excludes halogenated alkanes) is 1. The average molecular weight is 634 g/mol. The summed E-state index contributed by atoms with van der Waals surface area (Å²) in [7, 11) is -3.90. The van der Waals surface area contributed by atoms with Crippen molar-refractivity contribution in [1.29, 1.82) is 0 Å². The largest absolute Gasteiger partial charge is 0.443 e. The van der Waals surface area contributed by atoms with Crippen molar-refractivity contribution in [3.05, 3.63) is 45.1 Å². The standard InChI is InChI=1S/C29H44ClNO8S2/c1-19-24(30)16-21(40-19)14-12-20(32)13-15-23-22(25(33)17-26(23)34)10-8-6-7-9-11-27(35)31(41(5,37)38)18-39-28(36)29(2,3)4/h6,8,13,15-16,20,22-23,25-26,32-34H,7,9-12,14,17-18H2,1-5H3/b8-6-,15-13+/t20-,22+,23+,25-,26+/m1/s1. The molecule has 0 aromatic carbocycles. The molecule has 0 bridgehead atoms. The quantitative estimate of drug-likeness (QED) is 0.119. The van der Waals surface area contributed by atoms with Crippen molar-refractivity contribution in [1.82, 2.24) is 4.31 Å². The molecule has 41 heavy (non-hydrogen) atoms. The Kier molecular flexibility index (Phi) is 13.5. The van der Waals surface area contributed by atoms with Crippen LogP contribution < -0.4 is 0 Å². The van der Waals surface area contributed by atoms with Gasteiger partial charge in [0.25, 0.3) is 0 Å². The van der Waals surface area contributed by atoms with Gasteiger partial charge in [-0.3, -0.25) is 9.59 Å². The number of ether oxygens (including phenoxy) is 1. The smallest absolute Gasteiger partial charge is 0.312 e. The van der Waals surface area contributed by atoms with Crippen molar-refractivity contribution < 1.29 is 38.1 Å². The maximum Gasteiger partial charge on any atom is 0.312 e. The number of halogens is 1. The monoisotopic (exact) mass is 633 g/mol. The minimum absolute atomic E-state index is 0.0459. The lowest BCUT2D eigenvalue weighted by atomic mass is 9.89. The van der Waals surface area contributed by atoms with Gasteiger partial charge in [-0.05, 0) is 71.8 Å². The van der Waals surface area contributed by atoms with Crippen LogP contribution in [0.4, 0.5) is 0 Å². The number of aliphatic hydroxyl groups excluding tert-OH is 3. The van der Waals surface area contributed by atoms with Crippen LogP contribution in [-0.2, 0) is 30.8 Å². The molecule has 1 aromatic heterocycles. The number of allylic oxidation sites excluding steroid dienone is 2. The van der Waals surface area contributed by atoms with Gasteiger partial charge in [0.2, 0.25) is 15.9 Å². The van der Waals surface area contributed by atoms with E-state index < -0.39 is 52.4 Å². The van der Waals surface area contributed by atoms with Gasteiger partial charge in [0.05, 0.1) is 35.0 Å². The van der Waals surface area contributed by atoms with Crippen LogP contribution in [0, 0.1) is 24.2 Å². The third-order valence-corrected chi connectivity index (χ3v) is 9.73. The second-order valence-electron chi connectivity index (χ2n) is 11.6. The summed E-state index contributed by atoms with van der Waals surface area (Å²) in [4.78, 5) is 26.7. The number of rotatable bonds is 14. The van der Waals surface area contributed by atoms with Crippen LogP contribution in [0.5, 0.6) is 0 Å². The molecule has 1 fully saturated rings. The zero-order valence-electron chi connectivity index (χ0n) is 24.5. The molecule has 2 rings (SSSR count). The highest BCUT2D eigenvalue weighted by molar-refractivity contribution is 7.88. The molecule has 1 saturated carbocycles. The van der Waals surface area contributed by atoms with E-state index in [1.165, 1.54) is 0 Å². The second kappa shape index (κ2) is 15.6. The topological polar surface area (TPSA) is 141 Å². The number of carbonyl (C=O) groups is 2. The first-order valence-electron chi connectivity index (χ1n) is 13.8. The van der Waals surface area contributed by atoms with Crippen LogP contribution >= 0.6 is 22.9 Å². The van der Waals surface area contributed by atoms with Crippen molar-refractivity contribution in [2.24, 2.45) is 17.3 Å². The number of hydrogen-bond donors (Lipinski definition) is 3. The molecule has 1 aliphatic rings. The molecule has 12 heteroatoms. The number of sulfonamides is 1. The first-order valence-corrected chi connectivity index (χ1v) is 16.8. The van der Waals surface area contributed by atoms with E-state index in [0.29, 0.717) is 36.4 Å². The van der Waals surface area contributed by atoms with Gasteiger partial charge in [-0.1, -0.05) is 35.9 Å². The summed E-state index contributed by atoms with van der Waals surface area (Å²) in [5.74, 6) is -1.78. The van der Waals surface area contributed by atoms with E-state index in [2.05, 4.69) is 0 Å². The number of aliphatic hydroxyl groups is 3. The molecule has 9 nitrogen and oxygen atoms in total. The van der Waals surface area contributed by atoms with Crippen LogP contribution in [-0.4, -0.2) is 71.2 Å². The summed E-state index contributed by atoms with van der Waals surface area (Å²) in [5.41, 5.74) is -0.826. The van der Waals surface area contributed by atoms with E-state index in [0.717, 1.165) is 21.0 Å². The Balaban J connectivity index is 1.83. The fourth-order valence-electron chi connectivity index (χ4n) is 4.54. The van der Waals surface area contributed by atoms with Crippen molar-refractivity contribution in [2.45, 2.75) is 91.0 Å². The van der Waals surface area contributed by atoms with Crippen LogP contribution in [0.2, 0.25) is 5.02 Å². The fourth-order valence-corrected chi connectivity index (χ4v) is 6.51. The fraction of sp³-hybridized carbons (Fsp3) is 0.655. The zero-order valence-corrected chi connectivity index (χ0v) is 26.8. The molecule has 3 N–H and O–H groups in total. The summed E-state index contributed by atoms with van der Waals surface area (Å²) in [5, 5.41) is 32.1. The van der Waals surface area contributed by atoms with Gasteiger partial charge in [0, 0.05) is 28.5 Å². The van der Waals surface area contributed by atoms with E-state index in [1.54, 1.807) is 44.3 Å². The van der Waals surface area contributed by atoms with Crippen molar-refractivity contribution in [3.8, 4) is 0 Å². The molecular formula is C29H44ClNO8S2. The van der Waals surface area contributed by atoms with Crippen LogP contribution in [0.25, 0.3) is 0 Å². The van der Waals surface area contributed by atoms with Gasteiger partial charge < -0.3 is 20.1 Å². The van der Waals surface area contributed by atoms with Crippen LogP contribution in [0.3, 0.4) is 0 Å². The van der Waals surface area contributed by atoms with E-state index in [1.807, 2.05) is 25.1 Å². The molecule has 1 aromatic rings. The maximum atomic E-state index is 12.5. The van der Waals surface area contributed by atoms with Crippen molar-refractivity contribution >= 4 is 44.8 Å².